The summed E-state index contributed by atoms with van der Waals surface area (Å²) in [6.45, 7) is 23.5. The molecule has 0 radical (unpaired) electrons. The molecule has 28 nitrogen and oxygen atoms in total. The number of aliphatic hydroxyl groups excluding tert-OH is 1. The minimum atomic E-state index is -1.71. The lowest BCUT2D eigenvalue weighted by atomic mass is 9.91. The number of rotatable bonds is 15. The summed E-state index contributed by atoms with van der Waals surface area (Å²) in [5.74, 6) is -7.71. The smallest absolute Gasteiger partial charge is 0.410 e. The predicted molar refractivity (Wildman–Crippen MR) is 327 cm³/mol. The molecule has 0 spiro atoms. The Morgan fingerprint density at radius 3 is 1.77 bits per heavy atom. The number of carbonyl (C=O) groups excluding carboxylic acids is 12. The molecule has 0 saturated carbocycles. The van der Waals surface area contributed by atoms with E-state index >= 15 is 9.59 Å². The number of likely N-dealkylation sites (N-methyl/N-ethyl adjacent to an activating group) is 6. The minimum Gasteiger partial charge on any atom is -0.444 e. The zero-order chi connectivity index (χ0) is 66.9. The lowest BCUT2D eigenvalue weighted by Gasteiger charge is -2.40. The fourth-order valence-electron chi connectivity index (χ4n) is 9.92. The zero-order valence-corrected chi connectivity index (χ0v) is 55.7. The first-order chi connectivity index (χ1) is 40.1. The summed E-state index contributed by atoms with van der Waals surface area (Å²) in [6, 6.07) is -13.9. The van der Waals surface area contributed by atoms with E-state index in [1.165, 1.54) is 63.1 Å². The maximum absolute atomic E-state index is 15.1. The van der Waals surface area contributed by atoms with Crippen molar-refractivity contribution in [2.24, 2.45) is 17.8 Å². The standard InChI is InChI=1S/C58H101N13O15S/c1-21-23-25-36(7)43(72)42-45(74)60-38(22-2)47(76)67(18)51(87-31-24-26-70-27-29-71(30-28-70)56(84)86-57(9,10)11)50(79)64(15)40(33-58(12,13)85)44(73)61-53(81)69(20)54(82)62-52(80)59-37(8)46(75)63(14)39(32-34(3)4)48(77)68(19)55(83)66(17)41(35(5)6)49(78)65(42)16/h21,23,34-43,51,72,85H,22,24-33H2,1-20H3,(H,60,74)(H,61,73,81)(H2,59,62,80,82)/b23-21+/t36-,37-,38+,39-,40+,41+,42+,43-,51-/m1/s1. The Balaban J connectivity index is 2.89. The molecule has 0 aromatic heterocycles. The summed E-state index contributed by atoms with van der Waals surface area (Å²) < 4.78 is 5.54. The molecule has 29 heteroatoms. The number of hydrogen-bond acceptors (Lipinski definition) is 17. The average molecular weight is 1250 g/mol. The highest BCUT2D eigenvalue weighted by molar-refractivity contribution is 8.00. The van der Waals surface area contributed by atoms with E-state index in [-0.39, 0.29) is 30.9 Å². The van der Waals surface area contributed by atoms with Crippen LogP contribution in [-0.2, 0) is 38.3 Å². The van der Waals surface area contributed by atoms with Crippen LogP contribution >= 0.6 is 11.8 Å². The van der Waals surface area contributed by atoms with E-state index in [0.717, 1.165) is 48.2 Å². The molecule has 9 atom stereocenters. The van der Waals surface area contributed by atoms with Gasteiger partial charge in [-0.15, -0.1) is 11.8 Å². The van der Waals surface area contributed by atoms with E-state index in [1.807, 2.05) is 10.6 Å². The number of nitrogens with one attached hydrogen (secondary N) is 4. The van der Waals surface area contributed by atoms with Crippen molar-refractivity contribution in [2.45, 2.75) is 181 Å². The molecule has 0 aromatic carbocycles. The molecule has 0 bridgehead atoms. The Kier molecular flexibility index (Phi) is 29.6. The Hall–Kier alpha value is -6.59. The average Bonchev–Trinajstić information content (AvgIpc) is 1.30. The number of nitrogens with zero attached hydrogens (tertiary/aromatic N) is 9. The monoisotopic (exact) mass is 1250 g/mol. The molecule has 16 amide bonds. The Bertz CT molecular complexity index is 2480. The highest BCUT2D eigenvalue weighted by Gasteiger charge is 2.45. The quantitative estimate of drug-likeness (QED) is 0.101. The maximum Gasteiger partial charge on any atom is 0.410 e. The Morgan fingerprint density at radius 2 is 1.25 bits per heavy atom. The van der Waals surface area contributed by atoms with Gasteiger partial charge in [-0.2, -0.15) is 0 Å². The van der Waals surface area contributed by atoms with Crippen molar-refractivity contribution in [1.29, 1.82) is 0 Å². The molecule has 2 saturated heterocycles. The van der Waals surface area contributed by atoms with Crippen LogP contribution in [0.15, 0.2) is 12.2 Å². The predicted octanol–water partition coefficient (Wildman–Crippen LogP) is 2.52. The number of carbonyl (C=O) groups is 12. The molecule has 0 unspecified atom stereocenters. The molecular formula is C58H101N13O15S. The van der Waals surface area contributed by atoms with Crippen LogP contribution < -0.4 is 21.3 Å². The van der Waals surface area contributed by atoms with Crippen LogP contribution in [0.1, 0.15) is 122 Å². The first-order valence-corrected chi connectivity index (χ1v) is 30.6. The molecule has 2 aliphatic rings. The Morgan fingerprint density at radius 1 is 0.690 bits per heavy atom. The van der Waals surface area contributed by atoms with E-state index in [1.54, 1.807) is 86.3 Å². The van der Waals surface area contributed by atoms with E-state index in [2.05, 4.69) is 15.5 Å². The van der Waals surface area contributed by atoms with Gasteiger partial charge in [0.2, 0.25) is 23.6 Å². The van der Waals surface area contributed by atoms with Gasteiger partial charge in [0.05, 0.1) is 11.7 Å². The number of piperazine rings is 1. The van der Waals surface area contributed by atoms with Gasteiger partial charge >= 0.3 is 30.2 Å². The van der Waals surface area contributed by atoms with Crippen molar-refractivity contribution >= 4 is 83.3 Å². The molecular weight excluding hydrogens is 1150 g/mol. The molecule has 2 aliphatic heterocycles. The van der Waals surface area contributed by atoms with Crippen molar-refractivity contribution in [1.82, 2.24) is 65.4 Å². The minimum absolute atomic E-state index is 0.0178. The van der Waals surface area contributed by atoms with Gasteiger partial charge in [-0.1, -0.05) is 53.7 Å². The van der Waals surface area contributed by atoms with Gasteiger partial charge in [0, 0.05) is 81.9 Å². The third-order valence-electron chi connectivity index (χ3n) is 15.1. The van der Waals surface area contributed by atoms with Gasteiger partial charge in [-0.3, -0.25) is 54.0 Å². The number of urea groups is 4. The van der Waals surface area contributed by atoms with Crippen LogP contribution in [0, 0.1) is 17.8 Å². The summed E-state index contributed by atoms with van der Waals surface area (Å²) in [7, 11) is 8.48. The SMILES string of the molecule is C/C=C/C[C@@H](C)[C@@H](O)[C@H]1C(=O)N[C@@H](CC)C(=O)N(C)[C@H](SCCCN2CCN(C(=O)OC(C)(C)C)CC2)C(=O)N(C)[C@@H](CC(C)(C)O)C(=O)NC(=O)N(C)C(=O)NC(=O)N[C@H](C)C(=O)N(C)[C@H](CC(C)C)C(=O)N(C)C(=O)N(C)[C@@H](C(C)C)C(=O)N1C. The van der Waals surface area contributed by atoms with Crippen molar-refractivity contribution < 1.29 is 72.5 Å². The fourth-order valence-corrected chi connectivity index (χ4v) is 11.1. The van der Waals surface area contributed by atoms with Crippen molar-refractivity contribution in [3.05, 3.63) is 12.2 Å². The summed E-state index contributed by atoms with van der Waals surface area (Å²) in [5.41, 5.74) is -2.36. The molecule has 6 N–H and O–H groups in total. The fraction of sp³-hybridized carbons (Fsp3) is 0.759. The lowest BCUT2D eigenvalue weighted by molar-refractivity contribution is -0.150. The van der Waals surface area contributed by atoms with Crippen LogP contribution in [0.4, 0.5) is 24.0 Å². The van der Waals surface area contributed by atoms with Gasteiger partial charge in [-0.05, 0) is 104 Å². The van der Waals surface area contributed by atoms with Gasteiger partial charge in [0.25, 0.3) is 17.7 Å². The van der Waals surface area contributed by atoms with Gasteiger partial charge in [-0.25, -0.2) is 28.9 Å². The van der Waals surface area contributed by atoms with Crippen LogP contribution in [0.25, 0.3) is 0 Å². The molecule has 2 heterocycles. The number of amides is 16. The summed E-state index contributed by atoms with van der Waals surface area (Å²) in [6.07, 6.45) is 1.65. The maximum atomic E-state index is 15.1. The van der Waals surface area contributed by atoms with Crippen molar-refractivity contribution in [3.8, 4) is 0 Å². The van der Waals surface area contributed by atoms with E-state index in [0.29, 0.717) is 44.0 Å². The first-order valence-electron chi connectivity index (χ1n) is 29.6. The number of hydrogen-bond donors (Lipinski definition) is 6. The van der Waals surface area contributed by atoms with E-state index in [4.69, 9.17) is 4.74 Å². The Labute approximate surface area is 518 Å². The summed E-state index contributed by atoms with van der Waals surface area (Å²) in [5, 5.41) is 30.8. The molecule has 2 rings (SSSR count). The second-order valence-corrected chi connectivity index (χ2v) is 26.2. The normalized spacial score (nSPS) is 24.8. The molecule has 2 fully saturated rings. The van der Waals surface area contributed by atoms with Gasteiger partial charge in [0.15, 0.2) is 5.37 Å². The summed E-state index contributed by atoms with van der Waals surface area (Å²) >= 11 is 1.03. The number of allylic oxidation sites excluding steroid dienone is 2. The number of aliphatic hydroxyl groups is 2. The molecule has 0 aliphatic carbocycles. The second-order valence-electron chi connectivity index (χ2n) is 25.0. The van der Waals surface area contributed by atoms with E-state index in [9.17, 15) is 58.2 Å². The lowest BCUT2D eigenvalue weighted by Crippen LogP contribution is -2.63. The van der Waals surface area contributed by atoms with Crippen molar-refractivity contribution in [3.63, 3.8) is 0 Å². The van der Waals surface area contributed by atoms with Gasteiger partial charge in [0.1, 0.15) is 41.9 Å². The molecule has 0 aromatic rings. The van der Waals surface area contributed by atoms with Gasteiger partial charge < -0.3 is 55.0 Å². The first kappa shape index (κ1) is 76.5. The molecule has 87 heavy (non-hydrogen) atoms. The highest BCUT2D eigenvalue weighted by Crippen LogP contribution is 2.26. The summed E-state index contributed by atoms with van der Waals surface area (Å²) in [4.78, 5) is 180. The second kappa shape index (κ2) is 33.7. The number of thioether (sulfide) groups is 1. The highest BCUT2D eigenvalue weighted by atomic mass is 32.2. The molecule has 494 valence electrons. The number of imide groups is 4. The van der Waals surface area contributed by atoms with Crippen LogP contribution in [0.5, 0.6) is 0 Å². The topological polar surface area (TPSA) is 332 Å². The van der Waals surface area contributed by atoms with Crippen molar-refractivity contribution in [2.75, 3.05) is 87.8 Å². The van der Waals surface area contributed by atoms with E-state index < -0.39 is 149 Å². The van der Waals surface area contributed by atoms with Crippen LogP contribution in [0.2, 0.25) is 0 Å². The largest absolute Gasteiger partial charge is 0.444 e. The number of ether oxygens (including phenoxy) is 1. The van der Waals surface area contributed by atoms with Crippen LogP contribution in [0.3, 0.4) is 0 Å². The third-order valence-corrected chi connectivity index (χ3v) is 16.5. The third kappa shape index (κ3) is 22.2. The zero-order valence-electron chi connectivity index (χ0n) is 54.9. The van der Waals surface area contributed by atoms with Crippen LogP contribution in [-0.4, -0.2) is 273 Å².